The number of aromatic hydroxyl groups is 1. The van der Waals surface area contributed by atoms with Crippen molar-refractivity contribution in [1.29, 1.82) is 0 Å². The predicted octanol–water partition coefficient (Wildman–Crippen LogP) is 2.72. The third kappa shape index (κ3) is 4.34. The average molecular weight is 390 g/mol. The molecule has 3 rings (SSSR count). The molecule has 1 heterocycles. The van der Waals surface area contributed by atoms with Crippen molar-refractivity contribution in [2.24, 2.45) is 0 Å². The highest BCUT2D eigenvalue weighted by molar-refractivity contribution is 5.96. The molecule has 0 fully saturated rings. The van der Waals surface area contributed by atoms with Gasteiger partial charge in [-0.15, -0.1) is 0 Å². The number of hydrogen-bond donors (Lipinski definition) is 3. The van der Waals surface area contributed by atoms with E-state index in [0.29, 0.717) is 17.1 Å². The molecule has 0 unspecified atom stereocenters. The van der Waals surface area contributed by atoms with Gasteiger partial charge in [0.2, 0.25) is 0 Å². The molecule has 0 aliphatic carbocycles. The lowest BCUT2D eigenvalue weighted by Gasteiger charge is -2.10. The minimum atomic E-state index is -3.04. The van der Waals surface area contributed by atoms with E-state index < -0.39 is 12.5 Å². The van der Waals surface area contributed by atoms with Gasteiger partial charge in [0.15, 0.2) is 11.6 Å². The van der Waals surface area contributed by atoms with Gasteiger partial charge >= 0.3 is 6.61 Å². The predicted molar refractivity (Wildman–Crippen MR) is 94.3 cm³/mol. The molecule has 3 aromatic rings. The molecule has 0 aliphatic rings. The van der Waals surface area contributed by atoms with E-state index in [2.05, 4.69) is 25.2 Å². The van der Waals surface area contributed by atoms with Crippen molar-refractivity contribution >= 4 is 5.91 Å². The number of hydrogen-bond acceptors (Lipinski definition) is 6. The van der Waals surface area contributed by atoms with Gasteiger partial charge in [-0.2, -0.15) is 13.9 Å². The Morgan fingerprint density at radius 1 is 1.25 bits per heavy atom. The quantitative estimate of drug-likeness (QED) is 0.572. The van der Waals surface area contributed by atoms with Gasteiger partial charge in [0.05, 0.1) is 24.8 Å². The maximum absolute atomic E-state index is 12.5. The van der Waals surface area contributed by atoms with Crippen molar-refractivity contribution in [1.82, 2.24) is 20.5 Å². The molecule has 0 radical (unpaired) electrons. The number of halogens is 2. The first-order valence-electron chi connectivity index (χ1n) is 8.08. The van der Waals surface area contributed by atoms with Crippen molar-refractivity contribution in [3.63, 3.8) is 0 Å². The van der Waals surface area contributed by atoms with Crippen LogP contribution in [0.15, 0.2) is 42.5 Å². The highest BCUT2D eigenvalue weighted by Gasteiger charge is 2.16. The number of nitrogens with zero attached hydrogens (tertiary/aromatic N) is 2. The van der Waals surface area contributed by atoms with Crippen LogP contribution in [0.25, 0.3) is 11.4 Å². The molecule has 0 atom stereocenters. The first-order valence-corrected chi connectivity index (χ1v) is 8.08. The number of para-hydroxylation sites is 1. The molecule has 0 saturated carbocycles. The Labute approximate surface area is 158 Å². The fourth-order valence-corrected chi connectivity index (χ4v) is 2.48. The minimum absolute atomic E-state index is 0.0256. The number of H-pyrrole nitrogens is 1. The van der Waals surface area contributed by atoms with Gasteiger partial charge in [0.1, 0.15) is 17.2 Å². The SMILES string of the molecule is COc1ccc(O)cc1-c1nc(CNC(=O)c2ccccc2OC(F)F)n[nH]1. The van der Waals surface area contributed by atoms with Crippen LogP contribution in [0, 0.1) is 0 Å². The summed E-state index contributed by atoms with van der Waals surface area (Å²) in [4.78, 5) is 16.5. The summed E-state index contributed by atoms with van der Waals surface area (Å²) in [5, 5.41) is 18.9. The van der Waals surface area contributed by atoms with Crippen molar-refractivity contribution in [3.05, 3.63) is 53.9 Å². The third-order valence-electron chi connectivity index (χ3n) is 3.72. The van der Waals surface area contributed by atoms with E-state index in [1.807, 2.05) is 0 Å². The van der Waals surface area contributed by atoms with Crippen LogP contribution in [0.4, 0.5) is 8.78 Å². The molecule has 0 aliphatic heterocycles. The number of rotatable bonds is 7. The molecule has 0 saturated heterocycles. The molecular formula is C18H16F2N4O4. The summed E-state index contributed by atoms with van der Waals surface area (Å²) in [5.41, 5.74) is 0.455. The molecule has 8 nitrogen and oxygen atoms in total. The Kier molecular flexibility index (Phi) is 5.68. The number of benzene rings is 2. The van der Waals surface area contributed by atoms with Crippen molar-refractivity contribution in [2.45, 2.75) is 13.2 Å². The van der Waals surface area contributed by atoms with E-state index in [0.717, 1.165) is 0 Å². The van der Waals surface area contributed by atoms with Gasteiger partial charge in [-0.1, -0.05) is 12.1 Å². The monoisotopic (exact) mass is 390 g/mol. The number of ether oxygens (including phenoxy) is 2. The number of aromatic amines is 1. The van der Waals surface area contributed by atoms with E-state index in [-0.39, 0.29) is 29.4 Å². The zero-order chi connectivity index (χ0) is 20.1. The molecule has 10 heteroatoms. The molecule has 1 aromatic heterocycles. The number of phenols is 1. The largest absolute Gasteiger partial charge is 0.508 e. The Bertz CT molecular complexity index is 978. The number of phenolic OH excluding ortho intramolecular Hbond substituents is 1. The van der Waals surface area contributed by atoms with Crippen LogP contribution >= 0.6 is 0 Å². The zero-order valence-corrected chi connectivity index (χ0v) is 14.6. The van der Waals surface area contributed by atoms with E-state index in [1.165, 1.54) is 43.5 Å². The molecule has 3 N–H and O–H groups in total. The fourth-order valence-electron chi connectivity index (χ4n) is 2.48. The normalized spacial score (nSPS) is 10.7. The summed E-state index contributed by atoms with van der Waals surface area (Å²) >= 11 is 0. The Balaban J connectivity index is 1.72. The summed E-state index contributed by atoms with van der Waals surface area (Å²) in [6.45, 7) is -3.10. The van der Waals surface area contributed by atoms with Crippen LogP contribution in [-0.2, 0) is 6.54 Å². The Hall–Kier alpha value is -3.69. The molecule has 2 aromatic carbocycles. The Morgan fingerprint density at radius 2 is 2.04 bits per heavy atom. The average Bonchev–Trinajstić information content (AvgIpc) is 3.15. The molecule has 0 bridgehead atoms. The number of methoxy groups -OCH3 is 1. The van der Waals surface area contributed by atoms with Crippen LogP contribution in [0.5, 0.6) is 17.2 Å². The number of alkyl halides is 2. The number of nitrogens with one attached hydrogen (secondary N) is 2. The number of carbonyl (C=O) groups is 1. The van der Waals surface area contributed by atoms with Crippen LogP contribution in [0.1, 0.15) is 16.2 Å². The smallest absolute Gasteiger partial charge is 0.387 e. The van der Waals surface area contributed by atoms with Crippen molar-refractivity contribution in [3.8, 4) is 28.6 Å². The lowest BCUT2D eigenvalue weighted by atomic mass is 10.2. The lowest BCUT2D eigenvalue weighted by molar-refractivity contribution is -0.0501. The van der Waals surface area contributed by atoms with Gasteiger partial charge in [-0.25, -0.2) is 4.98 Å². The van der Waals surface area contributed by atoms with Crippen molar-refractivity contribution < 1.29 is 28.2 Å². The molecule has 28 heavy (non-hydrogen) atoms. The number of aromatic nitrogens is 3. The first kappa shape index (κ1) is 19.1. The maximum atomic E-state index is 12.5. The molecule has 0 spiro atoms. The van der Waals surface area contributed by atoms with Crippen LogP contribution in [-0.4, -0.2) is 39.9 Å². The second kappa shape index (κ2) is 8.33. The van der Waals surface area contributed by atoms with E-state index in [4.69, 9.17) is 4.74 Å². The van der Waals surface area contributed by atoms with Crippen molar-refractivity contribution in [2.75, 3.05) is 7.11 Å². The van der Waals surface area contributed by atoms with E-state index in [9.17, 15) is 18.7 Å². The number of amides is 1. The van der Waals surface area contributed by atoms with Crippen LogP contribution in [0.3, 0.4) is 0 Å². The lowest BCUT2D eigenvalue weighted by Crippen LogP contribution is -2.24. The number of carbonyl (C=O) groups excluding carboxylic acids is 1. The maximum Gasteiger partial charge on any atom is 0.387 e. The standard InChI is InChI=1S/C18H16F2N4O4/c1-27-13-7-6-10(25)8-12(13)16-22-15(23-24-16)9-21-17(26)11-4-2-3-5-14(11)28-18(19)20/h2-8,18,25H,9H2,1H3,(H,21,26)(H,22,23,24). The first-order chi connectivity index (χ1) is 13.5. The third-order valence-corrected chi connectivity index (χ3v) is 3.72. The summed E-state index contributed by atoms with van der Waals surface area (Å²) in [6.07, 6.45) is 0. The van der Waals surface area contributed by atoms with Crippen LogP contribution in [0.2, 0.25) is 0 Å². The second-order valence-corrected chi connectivity index (χ2v) is 5.54. The second-order valence-electron chi connectivity index (χ2n) is 5.54. The zero-order valence-electron chi connectivity index (χ0n) is 14.6. The topological polar surface area (TPSA) is 109 Å². The highest BCUT2D eigenvalue weighted by atomic mass is 19.3. The molecular weight excluding hydrogens is 374 g/mol. The summed E-state index contributed by atoms with van der Waals surface area (Å²) < 4.78 is 34.5. The van der Waals surface area contributed by atoms with Gasteiger partial charge in [0, 0.05) is 0 Å². The summed E-state index contributed by atoms with van der Waals surface area (Å²) in [5.74, 6) is 0.243. The molecule has 1 amide bonds. The summed E-state index contributed by atoms with van der Waals surface area (Å²) in [6, 6.07) is 10.2. The van der Waals surface area contributed by atoms with E-state index >= 15 is 0 Å². The highest BCUT2D eigenvalue weighted by Crippen LogP contribution is 2.30. The fraction of sp³-hybridized carbons (Fsp3) is 0.167. The molecule has 146 valence electrons. The van der Waals surface area contributed by atoms with E-state index in [1.54, 1.807) is 6.07 Å². The minimum Gasteiger partial charge on any atom is -0.508 e. The van der Waals surface area contributed by atoms with Gasteiger partial charge in [-0.05, 0) is 30.3 Å². The Morgan fingerprint density at radius 3 is 2.79 bits per heavy atom. The van der Waals surface area contributed by atoms with Gasteiger partial charge in [0.25, 0.3) is 5.91 Å². The summed E-state index contributed by atoms with van der Waals surface area (Å²) in [7, 11) is 1.48. The van der Waals surface area contributed by atoms with Gasteiger partial charge in [-0.3, -0.25) is 9.89 Å². The van der Waals surface area contributed by atoms with Crippen LogP contribution < -0.4 is 14.8 Å². The van der Waals surface area contributed by atoms with Gasteiger partial charge < -0.3 is 19.9 Å².